The zero-order chi connectivity index (χ0) is 25.7. The average Bonchev–Trinajstić information content (AvgIpc) is 2.90. The molecule has 0 saturated heterocycles. The Morgan fingerprint density at radius 2 is 1.72 bits per heavy atom. The van der Waals surface area contributed by atoms with Crippen LogP contribution in [0.2, 0.25) is 0 Å². The lowest BCUT2D eigenvalue weighted by molar-refractivity contribution is 0.0600. The number of aromatic amines is 1. The Hall–Kier alpha value is -3.95. The Morgan fingerprint density at radius 3 is 2.44 bits per heavy atom. The lowest BCUT2D eigenvalue weighted by atomic mass is 10.1. The van der Waals surface area contributed by atoms with Crippen molar-refractivity contribution in [1.82, 2.24) is 9.29 Å². The molecule has 1 N–H and O–H groups in total. The van der Waals surface area contributed by atoms with Crippen LogP contribution in [-0.4, -0.2) is 44.4 Å². The van der Waals surface area contributed by atoms with Crippen LogP contribution in [0.25, 0.3) is 10.9 Å². The minimum absolute atomic E-state index is 0.0552. The SMILES string of the molecule is COC(=O)c1cccc(S(=O)(=O)N(CCc2ccccc2)Cc2cc3ccc(OC)cc3[nH]c2=O)c1. The summed E-state index contributed by atoms with van der Waals surface area (Å²) in [5.41, 5.74) is 1.58. The standard InChI is InChI=1S/C27H26N2O6S/c1-34-23-12-11-20-15-22(26(30)28-25(20)17-23)18-29(14-13-19-7-4-3-5-8-19)36(32,33)24-10-6-9-21(16-24)27(31)35-2/h3-12,15-17H,13-14,18H2,1-2H3,(H,28,30). The minimum Gasteiger partial charge on any atom is -0.497 e. The molecule has 0 radical (unpaired) electrons. The highest BCUT2D eigenvalue weighted by atomic mass is 32.2. The van der Waals surface area contributed by atoms with Gasteiger partial charge in [0.1, 0.15) is 5.75 Å². The number of carbonyl (C=O) groups is 1. The lowest BCUT2D eigenvalue weighted by Gasteiger charge is -2.22. The summed E-state index contributed by atoms with van der Waals surface area (Å²) in [6.07, 6.45) is 0.444. The molecule has 0 bridgehead atoms. The first-order chi connectivity index (χ1) is 17.3. The van der Waals surface area contributed by atoms with Gasteiger partial charge in [-0.05, 0) is 53.8 Å². The fourth-order valence-electron chi connectivity index (χ4n) is 3.89. The summed E-state index contributed by atoms with van der Waals surface area (Å²) in [7, 11) is -1.29. The number of rotatable bonds is 9. The number of hydrogen-bond acceptors (Lipinski definition) is 6. The van der Waals surface area contributed by atoms with Crippen molar-refractivity contribution in [2.75, 3.05) is 20.8 Å². The Labute approximate surface area is 209 Å². The van der Waals surface area contributed by atoms with Crippen LogP contribution in [0.1, 0.15) is 21.5 Å². The maximum atomic E-state index is 13.7. The third-order valence-electron chi connectivity index (χ3n) is 5.86. The van der Waals surface area contributed by atoms with Crippen LogP contribution < -0.4 is 10.3 Å². The molecule has 0 atom stereocenters. The summed E-state index contributed by atoms with van der Waals surface area (Å²) < 4.78 is 38.7. The zero-order valence-electron chi connectivity index (χ0n) is 19.9. The van der Waals surface area contributed by atoms with Gasteiger partial charge in [-0.1, -0.05) is 36.4 Å². The molecule has 0 aliphatic rings. The van der Waals surface area contributed by atoms with Gasteiger partial charge in [0, 0.05) is 24.7 Å². The summed E-state index contributed by atoms with van der Waals surface area (Å²) in [6.45, 7) is -0.0101. The molecule has 0 unspecified atom stereocenters. The molecule has 1 heterocycles. The van der Waals surface area contributed by atoms with E-state index in [2.05, 4.69) is 4.98 Å². The van der Waals surface area contributed by atoms with E-state index in [0.29, 0.717) is 23.3 Å². The lowest BCUT2D eigenvalue weighted by Crippen LogP contribution is -2.34. The number of carbonyl (C=O) groups excluding carboxylic acids is 1. The largest absolute Gasteiger partial charge is 0.497 e. The zero-order valence-corrected chi connectivity index (χ0v) is 20.7. The summed E-state index contributed by atoms with van der Waals surface area (Å²) in [5, 5.41) is 0.749. The summed E-state index contributed by atoms with van der Waals surface area (Å²) in [5.74, 6) is -0.0345. The maximum Gasteiger partial charge on any atom is 0.337 e. The second-order valence-corrected chi connectivity index (χ2v) is 10.1. The van der Waals surface area contributed by atoms with E-state index in [9.17, 15) is 18.0 Å². The molecule has 0 spiro atoms. The Kier molecular flexibility index (Phi) is 7.52. The van der Waals surface area contributed by atoms with Gasteiger partial charge in [0.2, 0.25) is 10.0 Å². The predicted octanol–water partition coefficient (Wildman–Crippen LogP) is 3.76. The highest BCUT2D eigenvalue weighted by Gasteiger charge is 2.26. The van der Waals surface area contributed by atoms with Gasteiger partial charge in [-0.3, -0.25) is 4.79 Å². The summed E-state index contributed by atoms with van der Waals surface area (Å²) >= 11 is 0. The minimum atomic E-state index is -4.06. The van der Waals surface area contributed by atoms with Crippen LogP contribution in [0.3, 0.4) is 0 Å². The van der Waals surface area contributed by atoms with E-state index < -0.39 is 16.0 Å². The molecule has 4 rings (SSSR count). The number of sulfonamides is 1. The van der Waals surface area contributed by atoms with Crippen molar-refractivity contribution in [2.45, 2.75) is 17.9 Å². The molecular weight excluding hydrogens is 480 g/mol. The first kappa shape index (κ1) is 25.2. The van der Waals surface area contributed by atoms with Crippen molar-refractivity contribution >= 4 is 26.9 Å². The Bertz CT molecular complexity index is 1550. The van der Waals surface area contributed by atoms with E-state index in [1.807, 2.05) is 30.3 Å². The van der Waals surface area contributed by atoms with Crippen LogP contribution in [-0.2, 0) is 27.7 Å². The van der Waals surface area contributed by atoms with Gasteiger partial charge in [-0.2, -0.15) is 4.31 Å². The molecule has 3 aromatic carbocycles. The molecule has 0 fully saturated rings. The van der Waals surface area contributed by atoms with Crippen LogP contribution in [0.4, 0.5) is 0 Å². The Morgan fingerprint density at radius 1 is 0.944 bits per heavy atom. The van der Waals surface area contributed by atoms with Crippen LogP contribution in [0.15, 0.2) is 88.6 Å². The molecule has 0 aliphatic carbocycles. The second-order valence-electron chi connectivity index (χ2n) is 8.17. The van der Waals surface area contributed by atoms with Gasteiger partial charge in [-0.25, -0.2) is 13.2 Å². The molecule has 8 nitrogen and oxygen atoms in total. The number of pyridine rings is 1. The number of ether oxygens (including phenoxy) is 2. The molecule has 186 valence electrons. The molecule has 0 amide bonds. The average molecular weight is 507 g/mol. The fourth-order valence-corrected chi connectivity index (χ4v) is 5.36. The topological polar surface area (TPSA) is 106 Å². The first-order valence-electron chi connectivity index (χ1n) is 11.2. The van der Waals surface area contributed by atoms with Crippen molar-refractivity contribution in [3.8, 4) is 5.75 Å². The van der Waals surface area contributed by atoms with Gasteiger partial charge >= 0.3 is 5.97 Å². The van der Waals surface area contributed by atoms with Gasteiger partial charge in [0.15, 0.2) is 0 Å². The third-order valence-corrected chi connectivity index (χ3v) is 7.70. The van der Waals surface area contributed by atoms with Crippen molar-refractivity contribution in [2.24, 2.45) is 0 Å². The third kappa shape index (κ3) is 5.48. The van der Waals surface area contributed by atoms with Gasteiger partial charge in [0.05, 0.1) is 30.2 Å². The summed E-state index contributed by atoms with van der Waals surface area (Å²) in [6, 6.07) is 22.1. The van der Waals surface area contributed by atoms with Crippen LogP contribution in [0, 0.1) is 0 Å². The number of benzene rings is 3. The molecule has 1 aromatic heterocycles. The number of aromatic nitrogens is 1. The smallest absolute Gasteiger partial charge is 0.337 e. The van der Waals surface area contributed by atoms with E-state index >= 15 is 0 Å². The van der Waals surface area contributed by atoms with E-state index in [1.54, 1.807) is 24.3 Å². The van der Waals surface area contributed by atoms with E-state index in [1.165, 1.54) is 42.8 Å². The van der Waals surface area contributed by atoms with Gasteiger partial charge in [0.25, 0.3) is 5.56 Å². The van der Waals surface area contributed by atoms with E-state index in [0.717, 1.165) is 10.9 Å². The van der Waals surface area contributed by atoms with Gasteiger partial charge in [-0.15, -0.1) is 0 Å². The van der Waals surface area contributed by atoms with E-state index in [-0.39, 0.29) is 29.1 Å². The quantitative estimate of drug-likeness (QED) is 0.347. The number of hydrogen-bond donors (Lipinski definition) is 1. The highest BCUT2D eigenvalue weighted by Crippen LogP contribution is 2.22. The molecule has 0 saturated carbocycles. The normalized spacial score (nSPS) is 11.5. The van der Waals surface area contributed by atoms with Crippen molar-refractivity contribution in [3.05, 3.63) is 106 Å². The molecule has 36 heavy (non-hydrogen) atoms. The molecule has 9 heteroatoms. The number of nitrogens with one attached hydrogen (secondary N) is 1. The number of H-pyrrole nitrogens is 1. The second kappa shape index (κ2) is 10.8. The highest BCUT2D eigenvalue weighted by molar-refractivity contribution is 7.89. The fraction of sp³-hybridized carbons (Fsp3) is 0.185. The number of nitrogens with zero attached hydrogens (tertiary/aromatic N) is 1. The summed E-state index contributed by atoms with van der Waals surface area (Å²) in [4.78, 5) is 27.7. The Balaban J connectivity index is 1.73. The maximum absolute atomic E-state index is 13.7. The predicted molar refractivity (Wildman–Crippen MR) is 137 cm³/mol. The number of fused-ring (bicyclic) bond motifs is 1. The van der Waals surface area contributed by atoms with Crippen molar-refractivity contribution in [3.63, 3.8) is 0 Å². The van der Waals surface area contributed by atoms with E-state index in [4.69, 9.17) is 9.47 Å². The molecule has 0 aliphatic heterocycles. The molecular formula is C27H26N2O6S. The monoisotopic (exact) mass is 506 g/mol. The first-order valence-corrected chi connectivity index (χ1v) is 12.7. The van der Waals surface area contributed by atoms with Crippen LogP contribution in [0.5, 0.6) is 5.75 Å². The van der Waals surface area contributed by atoms with Crippen molar-refractivity contribution < 1.29 is 22.7 Å². The number of esters is 1. The molecule has 4 aromatic rings. The number of methoxy groups -OCH3 is 2. The van der Waals surface area contributed by atoms with Crippen molar-refractivity contribution in [1.29, 1.82) is 0 Å². The van der Waals surface area contributed by atoms with Crippen LogP contribution >= 0.6 is 0 Å². The van der Waals surface area contributed by atoms with Gasteiger partial charge < -0.3 is 14.5 Å².